The van der Waals surface area contributed by atoms with E-state index in [1.54, 1.807) is 4.90 Å². The lowest BCUT2D eigenvalue weighted by molar-refractivity contribution is 0.0286. The Labute approximate surface area is 140 Å². The minimum absolute atomic E-state index is 0.0401. The van der Waals surface area contributed by atoms with Crippen LogP contribution in [-0.4, -0.2) is 29.7 Å². The zero-order valence-electron chi connectivity index (χ0n) is 15.3. The maximum absolute atomic E-state index is 12.2. The lowest BCUT2D eigenvalue weighted by atomic mass is 9.88. The van der Waals surface area contributed by atoms with Crippen LogP contribution in [0.5, 0.6) is 0 Å². The van der Waals surface area contributed by atoms with Crippen molar-refractivity contribution in [3.8, 4) is 0 Å². The molecule has 1 heterocycles. The molecule has 0 aliphatic carbocycles. The van der Waals surface area contributed by atoms with Gasteiger partial charge in [-0.15, -0.1) is 0 Å². The van der Waals surface area contributed by atoms with Crippen molar-refractivity contribution in [2.24, 2.45) is 11.7 Å². The highest BCUT2D eigenvalue weighted by Gasteiger charge is 2.33. The molecule has 0 bridgehead atoms. The van der Waals surface area contributed by atoms with Crippen molar-refractivity contribution in [1.82, 2.24) is 4.90 Å². The number of rotatable bonds is 2. The van der Waals surface area contributed by atoms with Crippen molar-refractivity contribution in [3.05, 3.63) is 34.4 Å². The average Bonchev–Trinajstić information content (AvgIpc) is 2.90. The van der Waals surface area contributed by atoms with Gasteiger partial charge in [-0.1, -0.05) is 12.1 Å². The molecule has 1 amide bonds. The van der Waals surface area contributed by atoms with Gasteiger partial charge < -0.3 is 15.4 Å². The van der Waals surface area contributed by atoms with Gasteiger partial charge in [-0.2, -0.15) is 0 Å². The largest absolute Gasteiger partial charge is 0.444 e. The van der Waals surface area contributed by atoms with E-state index in [1.807, 2.05) is 20.8 Å². The number of ether oxygens (including phenoxy) is 1. The molecule has 1 fully saturated rings. The predicted molar refractivity (Wildman–Crippen MR) is 93.5 cm³/mol. The Bertz CT molecular complexity index is 590. The first-order chi connectivity index (χ1) is 10.6. The van der Waals surface area contributed by atoms with Crippen LogP contribution < -0.4 is 5.73 Å². The summed E-state index contributed by atoms with van der Waals surface area (Å²) in [5.41, 5.74) is 11.1. The SMILES string of the molecule is Cc1cc(C)c(C(N)C2CCN(C(=O)OC(C)(C)C)C2)cc1C. The van der Waals surface area contributed by atoms with Crippen molar-refractivity contribution >= 4 is 6.09 Å². The van der Waals surface area contributed by atoms with Crippen molar-refractivity contribution in [2.75, 3.05) is 13.1 Å². The summed E-state index contributed by atoms with van der Waals surface area (Å²) in [5.74, 6) is 0.281. The van der Waals surface area contributed by atoms with Crippen LogP contribution in [0.2, 0.25) is 0 Å². The van der Waals surface area contributed by atoms with Gasteiger partial charge in [0.05, 0.1) is 0 Å². The van der Waals surface area contributed by atoms with E-state index in [2.05, 4.69) is 32.9 Å². The van der Waals surface area contributed by atoms with Crippen molar-refractivity contribution in [3.63, 3.8) is 0 Å². The van der Waals surface area contributed by atoms with E-state index in [9.17, 15) is 4.79 Å². The third-order valence-corrected chi connectivity index (χ3v) is 4.63. The number of hydrogen-bond acceptors (Lipinski definition) is 3. The molecular formula is C19H30N2O2. The molecule has 0 spiro atoms. The molecule has 4 heteroatoms. The van der Waals surface area contributed by atoms with Crippen LogP contribution in [-0.2, 0) is 4.74 Å². The van der Waals surface area contributed by atoms with Gasteiger partial charge in [0.1, 0.15) is 5.60 Å². The summed E-state index contributed by atoms with van der Waals surface area (Å²) in [6, 6.07) is 4.36. The number of carbonyl (C=O) groups is 1. The lowest BCUT2D eigenvalue weighted by Gasteiger charge is -2.26. The third kappa shape index (κ3) is 4.25. The van der Waals surface area contributed by atoms with E-state index in [-0.39, 0.29) is 18.1 Å². The van der Waals surface area contributed by atoms with E-state index < -0.39 is 5.60 Å². The third-order valence-electron chi connectivity index (χ3n) is 4.63. The summed E-state index contributed by atoms with van der Waals surface area (Å²) in [7, 11) is 0. The summed E-state index contributed by atoms with van der Waals surface area (Å²) in [6.45, 7) is 13.4. The highest BCUT2D eigenvalue weighted by molar-refractivity contribution is 5.68. The number of likely N-dealkylation sites (tertiary alicyclic amines) is 1. The van der Waals surface area contributed by atoms with Gasteiger partial charge >= 0.3 is 6.09 Å². The van der Waals surface area contributed by atoms with Crippen LogP contribution in [0.15, 0.2) is 12.1 Å². The topological polar surface area (TPSA) is 55.6 Å². The highest BCUT2D eigenvalue weighted by Crippen LogP contribution is 2.31. The molecule has 1 aromatic rings. The Hall–Kier alpha value is -1.55. The van der Waals surface area contributed by atoms with Gasteiger partial charge in [0.2, 0.25) is 0 Å². The fourth-order valence-electron chi connectivity index (χ4n) is 3.17. The molecule has 0 radical (unpaired) electrons. The zero-order chi connectivity index (χ0) is 17.4. The minimum Gasteiger partial charge on any atom is -0.444 e. The molecule has 0 saturated carbocycles. The molecule has 2 atom stereocenters. The van der Waals surface area contributed by atoms with Crippen LogP contribution in [0.25, 0.3) is 0 Å². The Morgan fingerprint density at radius 3 is 2.43 bits per heavy atom. The fourth-order valence-corrected chi connectivity index (χ4v) is 3.17. The summed E-state index contributed by atoms with van der Waals surface area (Å²) in [6.07, 6.45) is 0.691. The first kappa shape index (κ1) is 17.8. The van der Waals surface area contributed by atoms with E-state index in [1.165, 1.54) is 22.3 Å². The summed E-state index contributed by atoms with van der Waals surface area (Å²) >= 11 is 0. The summed E-state index contributed by atoms with van der Waals surface area (Å²) < 4.78 is 5.46. The van der Waals surface area contributed by atoms with E-state index in [4.69, 9.17) is 10.5 Å². The van der Waals surface area contributed by atoms with Gasteiger partial charge in [-0.3, -0.25) is 0 Å². The first-order valence-corrected chi connectivity index (χ1v) is 8.39. The first-order valence-electron chi connectivity index (χ1n) is 8.39. The maximum atomic E-state index is 12.2. The van der Waals surface area contributed by atoms with Gasteiger partial charge in [0, 0.05) is 19.1 Å². The highest BCUT2D eigenvalue weighted by atomic mass is 16.6. The molecule has 1 aliphatic heterocycles. The van der Waals surface area contributed by atoms with Crippen LogP contribution in [0.1, 0.15) is 55.5 Å². The second-order valence-electron chi connectivity index (χ2n) is 7.79. The van der Waals surface area contributed by atoms with Gasteiger partial charge in [0.15, 0.2) is 0 Å². The number of carbonyl (C=O) groups excluding carboxylic acids is 1. The van der Waals surface area contributed by atoms with Crippen molar-refractivity contribution in [1.29, 1.82) is 0 Å². The molecule has 23 heavy (non-hydrogen) atoms. The van der Waals surface area contributed by atoms with Crippen LogP contribution >= 0.6 is 0 Å². The molecule has 1 aliphatic rings. The smallest absolute Gasteiger partial charge is 0.410 e. The lowest BCUT2D eigenvalue weighted by Crippen LogP contribution is -2.36. The van der Waals surface area contributed by atoms with Crippen LogP contribution in [0, 0.1) is 26.7 Å². The number of nitrogens with two attached hydrogens (primary N) is 1. The monoisotopic (exact) mass is 318 g/mol. The van der Waals surface area contributed by atoms with Crippen LogP contribution in [0.4, 0.5) is 4.79 Å². The number of nitrogens with zero attached hydrogens (tertiary/aromatic N) is 1. The zero-order valence-corrected chi connectivity index (χ0v) is 15.3. The number of aryl methyl sites for hydroxylation is 3. The Balaban J connectivity index is 2.07. The maximum Gasteiger partial charge on any atom is 0.410 e. The molecule has 2 N–H and O–H groups in total. The molecular weight excluding hydrogens is 288 g/mol. The molecule has 0 aromatic heterocycles. The average molecular weight is 318 g/mol. The molecule has 128 valence electrons. The van der Waals surface area contributed by atoms with Gasteiger partial charge in [-0.05, 0) is 76.1 Å². The van der Waals surface area contributed by atoms with Crippen LogP contribution in [0.3, 0.4) is 0 Å². The van der Waals surface area contributed by atoms with E-state index in [0.29, 0.717) is 6.54 Å². The molecule has 1 saturated heterocycles. The molecule has 4 nitrogen and oxygen atoms in total. The number of benzene rings is 1. The Kier molecular flexibility index (Phi) is 5.04. The minimum atomic E-state index is -0.456. The Morgan fingerprint density at radius 1 is 1.22 bits per heavy atom. The quantitative estimate of drug-likeness (QED) is 0.900. The summed E-state index contributed by atoms with van der Waals surface area (Å²) in [4.78, 5) is 14.0. The fraction of sp³-hybridized carbons (Fsp3) is 0.632. The normalized spacial score (nSPS) is 19.8. The second kappa shape index (κ2) is 6.52. The van der Waals surface area contributed by atoms with E-state index >= 15 is 0 Å². The van der Waals surface area contributed by atoms with Crippen molar-refractivity contribution in [2.45, 2.75) is 59.6 Å². The predicted octanol–water partition coefficient (Wildman–Crippen LogP) is 3.87. The molecule has 1 aromatic carbocycles. The second-order valence-corrected chi connectivity index (χ2v) is 7.79. The number of hydrogen-bond donors (Lipinski definition) is 1. The van der Waals surface area contributed by atoms with Crippen molar-refractivity contribution < 1.29 is 9.53 Å². The Morgan fingerprint density at radius 2 is 1.83 bits per heavy atom. The van der Waals surface area contributed by atoms with Gasteiger partial charge in [-0.25, -0.2) is 4.79 Å². The number of amides is 1. The van der Waals surface area contributed by atoms with E-state index in [0.717, 1.165) is 13.0 Å². The summed E-state index contributed by atoms with van der Waals surface area (Å²) in [5, 5.41) is 0. The molecule has 2 rings (SSSR count). The molecule has 2 unspecified atom stereocenters. The standard InChI is InChI=1S/C19H30N2O2/c1-12-9-14(3)16(10-13(12)2)17(20)15-7-8-21(11-15)18(22)23-19(4,5)6/h9-10,15,17H,7-8,11,20H2,1-6H3. The van der Waals surface area contributed by atoms with Gasteiger partial charge in [0.25, 0.3) is 0 Å².